The first-order valence-electron chi connectivity index (χ1n) is 8.31. The molecular weight excluding hydrogens is 370 g/mol. The molecular formula is C18H21N3O5S. The molecule has 0 saturated heterocycles. The highest BCUT2D eigenvalue weighted by Gasteiger charge is 2.15. The topological polar surface area (TPSA) is 125 Å². The maximum atomic E-state index is 12.3. The molecule has 1 unspecified atom stereocenters. The Morgan fingerprint density at radius 2 is 1.81 bits per heavy atom. The van der Waals surface area contributed by atoms with Crippen molar-refractivity contribution in [2.45, 2.75) is 32.1 Å². The van der Waals surface area contributed by atoms with Crippen LogP contribution in [0.5, 0.6) is 0 Å². The third-order valence-electron chi connectivity index (χ3n) is 3.74. The normalized spacial score (nSPS) is 12.4. The van der Waals surface area contributed by atoms with E-state index in [1.165, 1.54) is 18.2 Å². The van der Waals surface area contributed by atoms with E-state index >= 15 is 0 Å². The second-order valence-electron chi connectivity index (χ2n) is 6.05. The summed E-state index contributed by atoms with van der Waals surface area (Å²) in [6.07, 6.45) is 0.678. The average molecular weight is 391 g/mol. The van der Waals surface area contributed by atoms with Crippen LogP contribution in [0.2, 0.25) is 0 Å². The Morgan fingerprint density at radius 3 is 2.48 bits per heavy atom. The molecule has 2 rings (SSSR count). The third-order valence-corrected chi connectivity index (χ3v) is 5.21. The number of carbonyl (C=O) groups is 2. The molecule has 1 atom stereocenters. The fraction of sp³-hybridized carbons (Fsp3) is 0.278. The number of rotatable bonds is 8. The summed E-state index contributed by atoms with van der Waals surface area (Å²) in [5.41, 5.74) is 0.611. The molecule has 2 aromatic rings. The number of anilines is 1. The van der Waals surface area contributed by atoms with Gasteiger partial charge in [0.2, 0.25) is 10.0 Å². The number of aromatic carboxylic acids is 1. The molecule has 1 amide bonds. The van der Waals surface area contributed by atoms with Crippen molar-refractivity contribution in [1.82, 2.24) is 9.71 Å². The van der Waals surface area contributed by atoms with Crippen LogP contribution in [0, 0.1) is 0 Å². The number of nitrogens with one attached hydrogen (secondary N) is 2. The average Bonchev–Trinajstić information content (AvgIpc) is 2.61. The SMILES string of the molecule is CCC(C)NS(=O)(=O)Cc1cccc(NC(=O)c2cccc(C(=O)O)n2)c1. The molecule has 0 spiro atoms. The van der Waals surface area contributed by atoms with Crippen LogP contribution in [0.25, 0.3) is 0 Å². The van der Waals surface area contributed by atoms with Crippen LogP contribution in [0.3, 0.4) is 0 Å². The fourth-order valence-corrected chi connectivity index (χ4v) is 3.75. The minimum Gasteiger partial charge on any atom is -0.477 e. The third kappa shape index (κ3) is 6.15. The van der Waals surface area contributed by atoms with Crippen molar-refractivity contribution in [3.05, 3.63) is 59.4 Å². The lowest BCUT2D eigenvalue weighted by Crippen LogP contribution is -2.32. The van der Waals surface area contributed by atoms with Crippen LogP contribution in [0.1, 0.15) is 46.8 Å². The number of amides is 1. The highest BCUT2D eigenvalue weighted by Crippen LogP contribution is 2.14. The fourth-order valence-electron chi connectivity index (χ4n) is 2.27. The monoisotopic (exact) mass is 391 g/mol. The number of aromatic nitrogens is 1. The van der Waals surface area contributed by atoms with Crippen LogP contribution in [-0.2, 0) is 15.8 Å². The number of hydrogen-bond acceptors (Lipinski definition) is 5. The minimum atomic E-state index is -3.50. The predicted molar refractivity (Wildman–Crippen MR) is 101 cm³/mol. The number of hydrogen-bond donors (Lipinski definition) is 3. The van der Waals surface area contributed by atoms with E-state index in [1.807, 2.05) is 6.92 Å². The lowest BCUT2D eigenvalue weighted by Gasteiger charge is -2.12. The Morgan fingerprint density at radius 1 is 1.15 bits per heavy atom. The number of carboxylic acid groups (broad SMARTS) is 1. The van der Waals surface area contributed by atoms with Gasteiger partial charge in [0, 0.05) is 11.7 Å². The predicted octanol–water partition coefficient (Wildman–Crippen LogP) is 2.25. The quantitative estimate of drug-likeness (QED) is 0.634. The molecule has 0 aliphatic heterocycles. The summed E-state index contributed by atoms with van der Waals surface area (Å²) >= 11 is 0. The second-order valence-corrected chi connectivity index (χ2v) is 7.81. The van der Waals surface area contributed by atoms with Gasteiger partial charge in [0.15, 0.2) is 0 Å². The van der Waals surface area contributed by atoms with Crippen molar-refractivity contribution < 1.29 is 23.1 Å². The molecule has 1 heterocycles. The highest BCUT2D eigenvalue weighted by atomic mass is 32.2. The summed E-state index contributed by atoms with van der Waals surface area (Å²) in [5.74, 6) is -2.03. The van der Waals surface area contributed by atoms with Gasteiger partial charge in [-0.25, -0.2) is 22.9 Å². The minimum absolute atomic E-state index is 0.0497. The van der Waals surface area contributed by atoms with E-state index in [0.717, 1.165) is 0 Å². The summed E-state index contributed by atoms with van der Waals surface area (Å²) in [4.78, 5) is 27.0. The van der Waals surface area contributed by atoms with Crippen LogP contribution in [0.15, 0.2) is 42.5 Å². The number of pyridine rings is 1. The number of benzene rings is 1. The van der Waals surface area contributed by atoms with E-state index in [4.69, 9.17) is 5.11 Å². The van der Waals surface area contributed by atoms with E-state index in [-0.39, 0.29) is 23.2 Å². The standard InChI is InChI=1S/C18H21N3O5S/c1-3-12(2)21-27(25,26)11-13-6-4-7-14(10-13)19-17(22)15-8-5-9-16(20-15)18(23)24/h4-10,12,21H,3,11H2,1-2H3,(H,19,22)(H,23,24). The van der Waals surface area contributed by atoms with Crippen molar-refractivity contribution in [2.24, 2.45) is 0 Å². The molecule has 1 aromatic heterocycles. The molecule has 3 N–H and O–H groups in total. The Kier molecular flexibility index (Phi) is 6.65. The van der Waals surface area contributed by atoms with Gasteiger partial charge in [0.1, 0.15) is 11.4 Å². The van der Waals surface area contributed by atoms with E-state index in [2.05, 4.69) is 15.0 Å². The number of sulfonamides is 1. The van der Waals surface area contributed by atoms with Gasteiger partial charge < -0.3 is 10.4 Å². The number of carboxylic acids is 1. The zero-order chi connectivity index (χ0) is 20.0. The summed E-state index contributed by atoms with van der Waals surface area (Å²) < 4.78 is 26.9. The zero-order valence-corrected chi connectivity index (χ0v) is 15.8. The van der Waals surface area contributed by atoms with Crippen molar-refractivity contribution in [2.75, 3.05) is 5.32 Å². The maximum absolute atomic E-state index is 12.3. The molecule has 8 nitrogen and oxygen atoms in total. The number of nitrogens with zero attached hydrogens (tertiary/aromatic N) is 1. The molecule has 9 heteroatoms. The Labute approximate surface area is 157 Å². The zero-order valence-electron chi connectivity index (χ0n) is 15.0. The largest absolute Gasteiger partial charge is 0.477 e. The smallest absolute Gasteiger partial charge is 0.354 e. The van der Waals surface area contributed by atoms with Gasteiger partial charge in [0.25, 0.3) is 5.91 Å². The van der Waals surface area contributed by atoms with Crippen molar-refractivity contribution in [1.29, 1.82) is 0 Å². The molecule has 27 heavy (non-hydrogen) atoms. The van der Waals surface area contributed by atoms with Crippen LogP contribution in [-0.4, -0.2) is 36.4 Å². The molecule has 144 valence electrons. The van der Waals surface area contributed by atoms with Crippen LogP contribution >= 0.6 is 0 Å². The van der Waals surface area contributed by atoms with Gasteiger partial charge in [-0.15, -0.1) is 0 Å². The highest BCUT2D eigenvalue weighted by molar-refractivity contribution is 7.88. The van der Waals surface area contributed by atoms with Crippen molar-refractivity contribution >= 4 is 27.6 Å². The van der Waals surface area contributed by atoms with Gasteiger partial charge in [-0.05, 0) is 43.2 Å². The first-order valence-corrected chi connectivity index (χ1v) is 9.96. The molecule has 0 aliphatic rings. The van der Waals surface area contributed by atoms with Gasteiger partial charge in [0.05, 0.1) is 5.75 Å². The Hall–Kier alpha value is -2.78. The van der Waals surface area contributed by atoms with E-state index in [1.54, 1.807) is 31.2 Å². The van der Waals surface area contributed by atoms with Gasteiger partial charge in [-0.1, -0.05) is 25.1 Å². The van der Waals surface area contributed by atoms with Crippen molar-refractivity contribution in [3.8, 4) is 0 Å². The van der Waals surface area contributed by atoms with Crippen LogP contribution in [0.4, 0.5) is 5.69 Å². The summed E-state index contributed by atoms with van der Waals surface area (Å²) in [5, 5.41) is 11.5. The maximum Gasteiger partial charge on any atom is 0.354 e. The molecule has 0 saturated carbocycles. The van der Waals surface area contributed by atoms with Gasteiger partial charge >= 0.3 is 5.97 Å². The van der Waals surface area contributed by atoms with Gasteiger partial charge in [-0.3, -0.25) is 4.79 Å². The summed E-state index contributed by atoms with van der Waals surface area (Å²) in [6.45, 7) is 3.67. The van der Waals surface area contributed by atoms with E-state index in [9.17, 15) is 18.0 Å². The molecule has 0 fully saturated rings. The van der Waals surface area contributed by atoms with Crippen molar-refractivity contribution in [3.63, 3.8) is 0 Å². The summed E-state index contributed by atoms with van der Waals surface area (Å²) in [6, 6.07) is 10.4. The first kappa shape index (κ1) is 20.5. The Bertz CT molecular complexity index is 944. The molecule has 0 bridgehead atoms. The summed E-state index contributed by atoms with van der Waals surface area (Å²) in [7, 11) is -3.50. The van der Waals surface area contributed by atoms with E-state index in [0.29, 0.717) is 17.7 Å². The lowest BCUT2D eigenvalue weighted by atomic mass is 10.2. The van der Waals surface area contributed by atoms with Gasteiger partial charge in [-0.2, -0.15) is 0 Å². The second kappa shape index (κ2) is 8.74. The molecule has 0 radical (unpaired) electrons. The number of carbonyl (C=O) groups excluding carboxylic acids is 1. The van der Waals surface area contributed by atoms with E-state index < -0.39 is 21.9 Å². The van der Waals surface area contributed by atoms with Crippen LogP contribution < -0.4 is 10.0 Å². The molecule has 0 aliphatic carbocycles. The first-order chi connectivity index (χ1) is 12.7. The lowest BCUT2D eigenvalue weighted by molar-refractivity contribution is 0.0690. The molecule has 1 aromatic carbocycles. The Balaban J connectivity index is 2.12.